The van der Waals surface area contributed by atoms with Crippen LogP contribution in [-0.2, 0) is 5.41 Å². The lowest BCUT2D eigenvalue weighted by Gasteiger charge is -2.46. The maximum absolute atomic E-state index is 2.43. The van der Waals surface area contributed by atoms with E-state index in [0.29, 0.717) is 5.92 Å². The SMILES string of the molecule is CC1=C(C)C(C2=CC=CC2)C(C)(c2ccccc2)C(C)=C1C. The van der Waals surface area contributed by atoms with Crippen molar-refractivity contribution in [2.75, 3.05) is 0 Å². The molecule has 0 aliphatic heterocycles. The summed E-state index contributed by atoms with van der Waals surface area (Å²) in [4.78, 5) is 0. The maximum atomic E-state index is 2.43. The Morgan fingerprint density at radius 1 is 0.955 bits per heavy atom. The quantitative estimate of drug-likeness (QED) is 0.614. The fourth-order valence-corrected chi connectivity index (χ4v) is 4.33. The molecule has 0 radical (unpaired) electrons. The Morgan fingerprint density at radius 2 is 1.64 bits per heavy atom. The maximum Gasteiger partial charge on any atom is 0.0239 e. The Balaban J connectivity index is 2.24. The van der Waals surface area contributed by atoms with Gasteiger partial charge in [-0.25, -0.2) is 0 Å². The highest BCUT2D eigenvalue weighted by molar-refractivity contribution is 5.55. The molecule has 0 fully saturated rings. The molecule has 3 rings (SSSR count). The van der Waals surface area contributed by atoms with Gasteiger partial charge in [0.2, 0.25) is 0 Å². The third kappa shape index (κ3) is 2.05. The summed E-state index contributed by atoms with van der Waals surface area (Å²) < 4.78 is 0. The smallest absolute Gasteiger partial charge is 0.0239 e. The molecule has 2 aliphatic rings. The van der Waals surface area contributed by atoms with E-state index in [2.05, 4.69) is 83.2 Å². The van der Waals surface area contributed by atoms with E-state index >= 15 is 0 Å². The van der Waals surface area contributed by atoms with Gasteiger partial charge in [0, 0.05) is 11.3 Å². The molecule has 0 heteroatoms. The first-order valence-electron chi connectivity index (χ1n) is 8.24. The first-order chi connectivity index (χ1) is 10.5. The molecule has 0 bridgehead atoms. The zero-order valence-electron chi connectivity index (χ0n) is 14.4. The number of hydrogen-bond acceptors (Lipinski definition) is 0. The highest BCUT2D eigenvalue weighted by Crippen LogP contribution is 2.52. The van der Waals surface area contributed by atoms with Gasteiger partial charge in [-0.2, -0.15) is 0 Å². The lowest BCUT2D eigenvalue weighted by atomic mass is 9.57. The Kier molecular flexibility index (Phi) is 3.72. The van der Waals surface area contributed by atoms with Gasteiger partial charge in [0.15, 0.2) is 0 Å². The van der Waals surface area contributed by atoms with E-state index in [4.69, 9.17) is 0 Å². The van der Waals surface area contributed by atoms with Gasteiger partial charge in [-0.3, -0.25) is 0 Å². The van der Waals surface area contributed by atoms with Crippen LogP contribution in [0, 0.1) is 5.92 Å². The predicted octanol–water partition coefficient (Wildman–Crippen LogP) is 6.13. The molecule has 2 unspecified atom stereocenters. The first kappa shape index (κ1) is 15.1. The minimum atomic E-state index is 0.0484. The van der Waals surface area contributed by atoms with E-state index in [1.54, 1.807) is 5.57 Å². The van der Waals surface area contributed by atoms with Gasteiger partial charge in [0.25, 0.3) is 0 Å². The Morgan fingerprint density at radius 3 is 2.23 bits per heavy atom. The third-order valence-electron chi connectivity index (χ3n) is 6.05. The highest BCUT2D eigenvalue weighted by atomic mass is 14.5. The Labute approximate surface area is 135 Å². The molecule has 2 atom stereocenters. The molecule has 0 heterocycles. The van der Waals surface area contributed by atoms with Crippen molar-refractivity contribution in [2.24, 2.45) is 5.92 Å². The van der Waals surface area contributed by atoms with Gasteiger partial charge < -0.3 is 0 Å². The first-order valence-corrected chi connectivity index (χ1v) is 8.24. The van der Waals surface area contributed by atoms with Crippen molar-refractivity contribution >= 4 is 0 Å². The van der Waals surface area contributed by atoms with Gasteiger partial charge >= 0.3 is 0 Å². The van der Waals surface area contributed by atoms with E-state index in [1.807, 2.05) is 0 Å². The van der Waals surface area contributed by atoms with E-state index in [-0.39, 0.29) is 5.41 Å². The van der Waals surface area contributed by atoms with Gasteiger partial charge in [-0.15, -0.1) is 0 Å². The van der Waals surface area contributed by atoms with Crippen LogP contribution in [0.15, 0.2) is 76.4 Å². The summed E-state index contributed by atoms with van der Waals surface area (Å²) in [6.07, 6.45) is 7.91. The predicted molar refractivity (Wildman–Crippen MR) is 95.9 cm³/mol. The van der Waals surface area contributed by atoms with Crippen molar-refractivity contribution in [1.82, 2.24) is 0 Å². The number of rotatable bonds is 2. The lowest BCUT2D eigenvalue weighted by Crippen LogP contribution is -2.38. The normalized spacial score (nSPS) is 28.4. The monoisotopic (exact) mass is 290 g/mol. The van der Waals surface area contributed by atoms with Crippen LogP contribution in [0.2, 0.25) is 0 Å². The molecule has 0 N–H and O–H groups in total. The van der Waals surface area contributed by atoms with Crippen LogP contribution < -0.4 is 0 Å². The zero-order chi connectivity index (χ0) is 15.9. The lowest BCUT2D eigenvalue weighted by molar-refractivity contribution is 0.418. The molecule has 0 saturated heterocycles. The Hall–Kier alpha value is -1.82. The summed E-state index contributed by atoms with van der Waals surface area (Å²) in [5, 5.41) is 0. The van der Waals surface area contributed by atoms with Crippen LogP contribution in [0.1, 0.15) is 46.6 Å². The summed E-state index contributed by atoms with van der Waals surface area (Å²) in [7, 11) is 0. The van der Waals surface area contributed by atoms with Gasteiger partial charge in [-0.05, 0) is 50.8 Å². The number of benzene rings is 1. The van der Waals surface area contributed by atoms with Crippen LogP contribution in [0.4, 0.5) is 0 Å². The van der Waals surface area contributed by atoms with Crippen LogP contribution in [-0.4, -0.2) is 0 Å². The third-order valence-corrected chi connectivity index (χ3v) is 6.05. The van der Waals surface area contributed by atoms with E-state index in [9.17, 15) is 0 Å². The van der Waals surface area contributed by atoms with E-state index in [1.165, 1.54) is 27.9 Å². The standard InChI is InChI=1S/C22H26/c1-15-16(2)18(4)22(5,20-13-7-6-8-14-20)21(17(15)3)19-11-9-10-12-19/h6-11,13-14,21H,12H2,1-5H3. The van der Waals surface area contributed by atoms with Crippen LogP contribution in [0.25, 0.3) is 0 Å². The highest BCUT2D eigenvalue weighted by Gasteiger charge is 2.44. The zero-order valence-corrected chi connectivity index (χ0v) is 14.4. The molecule has 0 saturated carbocycles. The van der Waals surface area contributed by atoms with Crippen molar-refractivity contribution in [3.05, 3.63) is 82.0 Å². The largest absolute Gasteiger partial charge is 0.0804 e. The van der Waals surface area contributed by atoms with Gasteiger partial charge in [0.05, 0.1) is 0 Å². The molecular formula is C22H26. The summed E-state index contributed by atoms with van der Waals surface area (Å²) >= 11 is 0. The molecule has 22 heavy (non-hydrogen) atoms. The van der Waals surface area contributed by atoms with Gasteiger partial charge in [0.1, 0.15) is 0 Å². The fraction of sp³-hybridized carbons (Fsp3) is 0.364. The fourth-order valence-electron chi connectivity index (χ4n) is 4.33. The average Bonchev–Trinajstić information content (AvgIpc) is 3.06. The van der Waals surface area contributed by atoms with Crippen LogP contribution in [0.5, 0.6) is 0 Å². The summed E-state index contributed by atoms with van der Waals surface area (Å²) in [6.45, 7) is 11.7. The molecule has 1 aromatic rings. The molecule has 0 spiro atoms. The van der Waals surface area contributed by atoms with Crippen LogP contribution >= 0.6 is 0 Å². The molecule has 0 nitrogen and oxygen atoms in total. The molecular weight excluding hydrogens is 264 g/mol. The minimum Gasteiger partial charge on any atom is -0.0804 e. The average molecular weight is 290 g/mol. The molecule has 2 aliphatic carbocycles. The number of hydrogen-bond donors (Lipinski definition) is 0. The van der Waals surface area contributed by atoms with Crippen molar-refractivity contribution in [3.63, 3.8) is 0 Å². The second-order valence-electron chi connectivity index (χ2n) is 6.93. The molecule has 114 valence electrons. The molecule has 0 aromatic heterocycles. The van der Waals surface area contributed by atoms with Gasteiger partial charge in [-0.1, -0.05) is 72.2 Å². The number of allylic oxidation sites excluding steroid dienone is 8. The molecule has 0 amide bonds. The second kappa shape index (κ2) is 5.43. The topological polar surface area (TPSA) is 0 Å². The van der Waals surface area contributed by atoms with E-state index in [0.717, 1.165) is 6.42 Å². The second-order valence-corrected chi connectivity index (χ2v) is 6.93. The summed E-state index contributed by atoms with van der Waals surface area (Å²) in [5.41, 5.74) is 9.01. The van der Waals surface area contributed by atoms with Crippen molar-refractivity contribution in [3.8, 4) is 0 Å². The van der Waals surface area contributed by atoms with Crippen molar-refractivity contribution < 1.29 is 0 Å². The van der Waals surface area contributed by atoms with Crippen molar-refractivity contribution in [1.29, 1.82) is 0 Å². The molecule has 1 aromatic carbocycles. The minimum absolute atomic E-state index is 0.0484. The van der Waals surface area contributed by atoms with Crippen LogP contribution in [0.3, 0.4) is 0 Å². The summed E-state index contributed by atoms with van der Waals surface area (Å²) in [6, 6.07) is 11.0. The Bertz CT molecular complexity index is 710. The summed E-state index contributed by atoms with van der Waals surface area (Å²) in [5.74, 6) is 0.466. The van der Waals surface area contributed by atoms with E-state index < -0.39 is 0 Å². The van der Waals surface area contributed by atoms with Crippen molar-refractivity contribution in [2.45, 2.75) is 46.5 Å².